The van der Waals surface area contributed by atoms with E-state index in [1.165, 1.54) is 12.3 Å². The van der Waals surface area contributed by atoms with Gasteiger partial charge in [0.15, 0.2) is 5.13 Å². The van der Waals surface area contributed by atoms with Gasteiger partial charge in [-0.25, -0.2) is 4.39 Å². The average Bonchev–Trinajstić information content (AvgIpc) is 3.27. The summed E-state index contributed by atoms with van der Waals surface area (Å²) in [6, 6.07) is 8.33. The molecule has 1 fully saturated rings. The van der Waals surface area contributed by atoms with Crippen LogP contribution in [-0.4, -0.2) is 47.7 Å². The molecule has 3 atom stereocenters. The van der Waals surface area contributed by atoms with Gasteiger partial charge < -0.3 is 9.84 Å². The number of benzene rings is 1. The number of thiophene rings is 1. The third kappa shape index (κ3) is 6.52. The summed E-state index contributed by atoms with van der Waals surface area (Å²) in [5, 5.41) is 10.1. The molecule has 2 unspecified atom stereocenters. The van der Waals surface area contributed by atoms with Crippen molar-refractivity contribution in [1.29, 1.82) is 0 Å². The Morgan fingerprint density at radius 1 is 1.36 bits per heavy atom. The molecule has 0 spiro atoms. The van der Waals surface area contributed by atoms with Gasteiger partial charge in [-0.05, 0) is 68.0 Å². The standard InChI is InChI=1S/C27H27ClF2N2O3S/c1-35-19-5-8-24-21(14-19)27(22(28)15-31-24)23(29)7-4-17-10-12-32(16-18(17)13-26(33)34)11-2-3-20-6-9-25(30)36-20/h5-6,8-9,14-15,17-18,23H,4,7,10-13,16H2,1H3,(H,33,34)/t17?,18?,23-/m1/s1. The number of rotatable bonds is 8. The van der Waals surface area contributed by atoms with E-state index in [4.69, 9.17) is 16.3 Å². The lowest BCUT2D eigenvalue weighted by molar-refractivity contribution is -0.139. The SMILES string of the molecule is COc1ccc2ncc(Cl)c([C@H](F)CCC3CCN(CC#Cc4ccc(F)s4)CC3CC(=O)O)c2c1. The number of aliphatic carboxylic acids is 1. The van der Waals surface area contributed by atoms with Crippen molar-refractivity contribution in [3.8, 4) is 17.6 Å². The average molecular weight is 533 g/mol. The highest BCUT2D eigenvalue weighted by atomic mass is 35.5. The maximum Gasteiger partial charge on any atom is 0.303 e. The summed E-state index contributed by atoms with van der Waals surface area (Å²) in [5.41, 5.74) is 1.04. The summed E-state index contributed by atoms with van der Waals surface area (Å²) >= 11 is 7.37. The Labute approximate surface area is 218 Å². The van der Waals surface area contributed by atoms with Gasteiger partial charge in [-0.1, -0.05) is 34.8 Å². The molecule has 5 nitrogen and oxygen atoms in total. The molecule has 3 heterocycles. The zero-order valence-corrected chi connectivity index (χ0v) is 21.4. The van der Waals surface area contributed by atoms with Gasteiger partial charge in [0, 0.05) is 30.1 Å². The summed E-state index contributed by atoms with van der Waals surface area (Å²) in [7, 11) is 1.55. The quantitative estimate of drug-likeness (QED) is 0.342. The minimum Gasteiger partial charge on any atom is -0.497 e. The summed E-state index contributed by atoms with van der Waals surface area (Å²) in [5.74, 6) is 5.73. The largest absolute Gasteiger partial charge is 0.497 e. The molecule has 0 radical (unpaired) electrons. The van der Waals surface area contributed by atoms with Crippen LogP contribution in [0.5, 0.6) is 5.75 Å². The second-order valence-electron chi connectivity index (χ2n) is 9.00. The third-order valence-electron chi connectivity index (χ3n) is 6.67. The van der Waals surface area contributed by atoms with Crippen LogP contribution in [0.25, 0.3) is 10.9 Å². The number of carboxylic acids is 1. The number of hydrogen-bond donors (Lipinski definition) is 1. The normalized spacial score (nSPS) is 19.0. The fourth-order valence-electron chi connectivity index (χ4n) is 4.87. The van der Waals surface area contributed by atoms with Crippen molar-refractivity contribution in [2.75, 3.05) is 26.7 Å². The van der Waals surface area contributed by atoms with E-state index < -0.39 is 12.1 Å². The molecule has 1 saturated heterocycles. The Bertz CT molecular complexity index is 1290. The van der Waals surface area contributed by atoms with Gasteiger partial charge in [0.1, 0.15) is 11.9 Å². The predicted octanol–water partition coefficient (Wildman–Crippen LogP) is 6.35. The summed E-state index contributed by atoms with van der Waals surface area (Å²) in [6.07, 6.45) is 1.74. The van der Waals surface area contributed by atoms with E-state index in [1.54, 1.807) is 31.4 Å². The molecule has 2 aromatic heterocycles. The zero-order chi connectivity index (χ0) is 25.7. The number of nitrogens with zero attached hydrogens (tertiary/aromatic N) is 2. The lowest BCUT2D eigenvalue weighted by Gasteiger charge is -2.37. The Kier molecular flexibility index (Phi) is 8.78. The molecule has 9 heteroatoms. The summed E-state index contributed by atoms with van der Waals surface area (Å²) < 4.78 is 34.0. The second-order valence-corrected chi connectivity index (χ2v) is 10.4. The van der Waals surface area contributed by atoms with Crippen molar-refractivity contribution < 1.29 is 23.4 Å². The van der Waals surface area contributed by atoms with E-state index in [1.807, 2.05) is 0 Å². The van der Waals surface area contributed by atoms with Crippen LogP contribution >= 0.6 is 22.9 Å². The molecule has 3 aromatic rings. The van der Waals surface area contributed by atoms with Crippen molar-refractivity contribution in [2.45, 2.75) is 31.9 Å². The molecule has 4 rings (SSSR count). The van der Waals surface area contributed by atoms with Gasteiger partial charge in [-0.2, -0.15) is 4.39 Å². The molecule has 1 aromatic carbocycles. The summed E-state index contributed by atoms with van der Waals surface area (Å²) in [4.78, 5) is 18.6. The van der Waals surface area contributed by atoms with Gasteiger partial charge in [0.2, 0.25) is 0 Å². The maximum absolute atomic E-state index is 15.6. The number of alkyl halides is 1. The van der Waals surface area contributed by atoms with Crippen molar-refractivity contribution >= 4 is 39.8 Å². The molecule has 0 saturated carbocycles. The number of aromatic nitrogens is 1. The van der Waals surface area contributed by atoms with Gasteiger partial charge in [-0.3, -0.25) is 14.7 Å². The molecule has 0 bridgehead atoms. The first-order chi connectivity index (χ1) is 17.3. The number of hydrogen-bond acceptors (Lipinski definition) is 5. The van der Waals surface area contributed by atoms with E-state index in [0.29, 0.717) is 46.6 Å². The van der Waals surface area contributed by atoms with E-state index in [9.17, 15) is 14.3 Å². The number of carbonyl (C=O) groups is 1. The van der Waals surface area contributed by atoms with Gasteiger partial charge >= 0.3 is 5.97 Å². The highest BCUT2D eigenvalue weighted by Crippen LogP contribution is 2.39. The first kappa shape index (κ1) is 26.3. The molecule has 0 aliphatic carbocycles. The molecule has 190 valence electrons. The van der Waals surface area contributed by atoms with E-state index in [0.717, 1.165) is 24.3 Å². The number of carboxylic acid groups (broad SMARTS) is 1. The van der Waals surface area contributed by atoms with Crippen LogP contribution in [-0.2, 0) is 4.79 Å². The number of halogens is 3. The topological polar surface area (TPSA) is 62.7 Å². The van der Waals surface area contributed by atoms with Crippen LogP contribution in [0.2, 0.25) is 5.02 Å². The Morgan fingerprint density at radius 3 is 2.92 bits per heavy atom. The molecule has 1 aliphatic rings. The van der Waals surface area contributed by atoms with E-state index in [2.05, 4.69) is 21.7 Å². The predicted molar refractivity (Wildman–Crippen MR) is 138 cm³/mol. The van der Waals surface area contributed by atoms with Crippen molar-refractivity contribution in [3.63, 3.8) is 0 Å². The van der Waals surface area contributed by atoms with Gasteiger partial charge in [-0.15, -0.1) is 0 Å². The Morgan fingerprint density at radius 2 is 2.19 bits per heavy atom. The minimum atomic E-state index is -1.31. The molecule has 0 amide bonds. The van der Waals surface area contributed by atoms with Crippen LogP contribution < -0.4 is 4.74 Å². The molecule has 36 heavy (non-hydrogen) atoms. The first-order valence-corrected chi connectivity index (χ1v) is 13.0. The van der Waals surface area contributed by atoms with Crippen LogP contribution in [0.15, 0.2) is 36.5 Å². The minimum absolute atomic E-state index is 0.0256. The van der Waals surface area contributed by atoms with Crippen LogP contribution in [0, 0.1) is 28.8 Å². The molecular formula is C27H27ClF2N2O3S. The van der Waals surface area contributed by atoms with Crippen molar-refractivity contribution in [1.82, 2.24) is 9.88 Å². The lowest BCUT2D eigenvalue weighted by atomic mass is 9.79. The lowest BCUT2D eigenvalue weighted by Crippen LogP contribution is -2.41. The van der Waals surface area contributed by atoms with E-state index in [-0.39, 0.29) is 34.8 Å². The third-order valence-corrected chi connectivity index (χ3v) is 7.76. The highest BCUT2D eigenvalue weighted by molar-refractivity contribution is 7.10. The molecule has 1 aliphatic heterocycles. The molecule has 1 N–H and O–H groups in total. The smallest absolute Gasteiger partial charge is 0.303 e. The number of methoxy groups -OCH3 is 1. The monoisotopic (exact) mass is 532 g/mol. The maximum atomic E-state index is 15.6. The van der Waals surface area contributed by atoms with Gasteiger partial charge in [0.25, 0.3) is 0 Å². The first-order valence-electron chi connectivity index (χ1n) is 11.8. The van der Waals surface area contributed by atoms with Crippen LogP contribution in [0.1, 0.15) is 42.3 Å². The van der Waals surface area contributed by atoms with Crippen molar-refractivity contribution in [2.24, 2.45) is 11.8 Å². The Balaban J connectivity index is 1.42. The highest BCUT2D eigenvalue weighted by Gasteiger charge is 2.31. The number of fused-ring (bicyclic) bond motifs is 1. The fraction of sp³-hybridized carbons (Fsp3) is 0.407. The summed E-state index contributed by atoms with van der Waals surface area (Å²) in [6.45, 7) is 1.81. The number of ether oxygens (including phenoxy) is 1. The van der Waals surface area contributed by atoms with E-state index >= 15 is 4.39 Å². The number of pyridine rings is 1. The number of likely N-dealkylation sites (tertiary alicyclic amines) is 1. The Hall–Kier alpha value is -2.73. The van der Waals surface area contributed by atoms with Gasteiger partial charge in [0.05, 0.1) is 29.1 Å². The van der Waals surface area contributed by atoms with Crippen LogP contribution in [0.4, 0.5) is 8.78 Å². The second kappa shape index (κ2) is 12.0. The van der Waals surface area contributed by atoms with Crippen molar-refractivity contribution in [3.05, 3.63) is 57.1 Å². The molecular weight excluding hydrogens is 506 g/mol. The zero-order valence-electron chi connectivity index (χ0n) is 19.8. The fourth-order valence-corrected chi connectivity index (χ4v) is 5.75. The van der Waals surface area contributed by atoms with Crippen LogP contribution in [0.3, 0.4) is 0 Å². The number of piperidine rings is 1.